The van der Waals surface area contributed by atoms with Crippen molar-refractivity contribution in [2.24, 2.45) is 0 Å². The molecule has 0 N–H and O–H groups in total. The van der Waals surface area contributed by atoms with E-state index in [4.69, 9.17) is 18.9 Å². The Balaban J connectivity index is 0.000000194. The molecule has 204 valence electrons. The Morgan fingerprint density at radius 2 is 0.975 bits per heavy atom. The van der Waals surface area contributed by atoms with Gasteiger partial charge in [0, 0.05) is 14.7 Å². The number of benzene rings is 5. The maximum Gasteiger partial charge on any atom is 0.161 e. The van der Waals surface area contributed by atoms with Crippen molar-refractivity contribution in [2.45, 2.75) is 27.9 Å². The lowest BCUT2D eigenvalue weighted by molar-refractivity contribution is 0.284. The lowest BCUT2D eigenvalue weighted by Crippen LogP contribution is -1.97. The van der Waals surface area contributed by atoms with Gasteiger partial charge in [-0.25, -0.2) is 0 Å². The minimum absolute atomic E-state index is 0.530. The molecule has 0 aliphatic rings. The van der Waals surface area contributed by atoms with E-state index in [-0.39, 0.29) is 0 Å². The lowest BCUT2D eigenvalue weighted by atomic mass is 10.2. The van der Waals surface area contributed by atoms with Gasteiger partial charge in [0.2, 0.25) is 0 Å². The van der Waals surface area contributed by atoms with Gasteiger partial charge in [-0.05, 0) is 59.7 Å². The van der Waals surface area contributed by atoms with Crippen LogP contribution < -0.4 is 18.9 Å². The molecule has 0 atom stereocenters. The van der Waals surface area contributed by atoms with Crippen LogP contribution in [-0.2, 0) is 13.2 Å². The van der Waals surface area contributed by atoms with Crippen LogP contribution in [0.25, 0.3) is 0 Å². The largest absolute Gasteiger partial charge is 0.493 e. The average Bonchev–Trinajstić information content (AvgIpc) is 3.01. The van der Waals surface area contributed by atoms with E-state index in [2.05, 4.69) is 30.8 Å². The molecule has 0 fully saturated rings. The highest BCUT2D eigenvalue weighted by Gasteiger charge is 2.08. The number of hydrogen-bond donors (Lipinski definition) is 1. The Hall–Kier alpha value is -4.00. The Morgan fingerprint density at radius 1 is 0.500 bits per heavy atom. The summed E-state index contributed by atoms with van der Waals surface area (Å²) in [6.07, 6.45) is 0. The normalized spacial score (nSPS) is 10.2. The predicted octanol–water partition coefficient (Wildman–Crippen LogP) is 8.99. The van der Waals surface area contributed by atoms with E-state index in [0.29, 0.717) is 19.0 Å². The van der Waals surface area contributed by atoms with Crippen LogP contribution in [0.15, 0.2) is 142 Å². The second kappa shape index (κ2) is 15.6. The third-order valence-corrected chi connectivity index (χ3v) is 7.01. The van der Waals surface area contributed by atoms with Crippen molar-refractivity contribution in [2.75, 3.05) is 14.2 Å². The Morgan fingerprint density at radius 3 is 1.50 bits per heavy atom. The zero-order valence-corrected chi connectivity index (χ0v) is 24.2. The highest BCUT2D eigenvalue weighted by atomic mass is 32.2. The molecule has 4 nitrogen and oxygen atoms in total. The van der Waals surface area contributed by atoms with Gasteiger partial charge in [0.25, 0.3) is 0 Å². The molecular formula is C34H32O4S2. The second-order valence-corrected chi connectivity index (χ2v) is 10.3. The van der Waals surface area contributed by atoms with Gasteiger partial charge >= 0.3 is 0 Å². The van der Waals surface area contributed by atoms with Gasteiger partial charge in [0.15, 0.2) is 23.0 Å². The van der Waals surface area contributed by atoms with E-state index in [0.717, 1.165) is 38.2 Å². The van der Waals surface area contributed by atoms with E-state index in [1.165, 1.54) is 4.90 Å². The fourth-order valence-electron chi connectivity index (χ4n) is 3.70. The molecule has 0 aliphatic carbocycles. The van der Waals surface area contributed by atoms with Crippen molar-refractivity contribution in [1.82, 2.24) is 0 Å². The summed E-state index contributed by atoms with van der Waals surface area (Å²) in [7, 11) is 3.29. The summed E-state index contributed by atoms with van der Waals surface area (Å²) in [6, 6.07) is 42.0. The molecule has 0 spiro atoms. The Kier molecular flexibility index (Phi) is 11.3. The molecule has 6 heteroatoms. The molecule has 0 heterocycles. The maximum atomic E-state index is 5.89. The van der Waals surface area contributed by atoms with Crippen LogP contribution in [0.4, 0.5) is 0 Å². The standard InChI is InChI=1S/C20H18O2S.C14H14O2S/c1-21-20-14-18(23-17-10-6-3-7-11-17)12-13-19(20)22-15-16-8-4-2-5-9-16;1-15-14-9-12(17)7-8-13(14)16-10-11-5-3-2-4-6-11/h2-14H,15H2,1H3;2-9,17H,10H2,1H3. The number of ether oxygens (including phenoxy) is 4. The first-order chi connectivity index (χ1) is 19.6. The Labute approximate surface area is 246 Å². The SMILES string of the molecule is COc1cc(S)ccc1OCc1ccccc1.COc1cc(Sc2ccccc2)ccc1OCc1ccccc1. The molecule has 5 aromatic carbocycles. The molecule has 40 heavy (non-hydrogen) atoms. The molecule has 0 aliphatic heterocycles. The van der Waals surface area contributed by atoms with Gasteiger partial charge in [0.1, 0.15) is 13.2 Å². The van der Waals surface area contributed by atoms with Crippen molar-refractivity contribution in [3.8, 4) is 23.0 Å². The molecular weight excluding hydrogens is 537 g/mol. The first kappa shape index (κ1) is 29.0. The average molecular weight is 569 g/mol. The first-order valence-electron chi connectivity index (χ1n) is 12.8. The van der Waals surface area contributed by atoms with Crippen molar-refractivity contribution in [3.05, 3.63) is 139 Å². The Bertz CT molecular complexity index is 1450. The minimum atomic E-state index is 0.530. The van der Waals surface area contributed by atoms with E-state index >= 15 is 0 Å². The number of methoxy groups -OCH3 is 2. The highest BCUT2D eigenvalue weighted by Crippen LogP contribution is 2.35. The van der Waals surface area contributed by atoms with E-state index in [9.17, 15) is 0 Å². The number of hydrogen-bond acceptors (Lipinski definition) is 6. The lowest BCUT2D eigenvalue weighted by Gasteiger charge is -2.12. The van der Waals surface area contributed by atoms with E-state index in [1.807, 2.05) is 109 Å². The smallest absolute Gasteiger partial charge is 0.161 e. The predicted molar refractivity (Wildman–Crippen MR) is 165 cm³/mol. The topological polar surface area (TPSA) is 36.9 Å². The molecule has 0 bridgehead atoms. The van der Waals surface area contributed by atoms with E-state index in [1.54, 1.807) is 26.0 Å². The molecule has 0 radical (unpaired) electrons. The van der Waals surface area contributed by atoms with Crippen molar-refractivity contribution < 1.29 is 18.9 Å². The van der Waals surface area contributed by atoms with Crippen LogP contribution in [0.2, 0.25) is 0 Å². The first-order valence-corrected chi connectivity index (χ1v) is 14.0. The van der Waals surface area contributed by atoms with Crippen molar-refractivity contribution in [1.29, 1.82) is 0 Å². The monoisotopic (exact) mass is 568 g/mol. The second-order valence-electron chi connectivity index (χ2n) is 8.61. The van der Waals surface area contributed by atoms with Gasteiger partial charge in [-0.15, -0.1) is 12.6 Å². The fraction of sp³-hybridized carbons (Fsp3) is 0.118. The summed E-state index contributed by atoms with van der Waals surface area (Å²) in [5.41, 5.74) is 2.27. The fourth-order valence-corrected chi connectivity index (χ4v) is 4.76. The molecule has 5 aromatic rings. The zero-order chi connectivity index (χ0) is 28.0. The van der Waals surface area contributed by atoms with E-state index < -0.39 is 0 Å². The molecule has 5 rings (SSSR count). The summed E-state index contributed by atoms with van der Waals surface area (Å²) < 4.78 is 22.3. The van der Waals surface area contributed by atoms with Crippen molar-refractivity contribution >= 4 is 24.4 Å². The van der Waals surface area contributed by atoms with Gasteiger partial charge in [-0.3, -0.25) is 0 Å². The summed E-state index contributed by atoms with van der Waals surface area (Å²) in [6.45, 7) is 1.06. The molecule has 0 saturated heterocycles. The van der Waals surface area contributed by atoms with Gasteiger partial charge in [-0.2, -0.15) is 0 Å². The molecule has 0 saturated carbocycles. The van der Waals surface area contributed by atoms with Crippen LogP contribution in [0.3, 0.4) is 0 Å². The van der Waals surface area contributed by atoms with Gasteiger partial charge < -0.3 is 18.9 Å². The van der Waals surface area contributed by atoms with Crippen LogP contribution in [0, 0.1) is 0 Å². The summed E-state index contributed by atoms with van der Waals surface area (Å²) in [5.74, 6) is 2.94. The van der Waals surface area contributed by atoms with Crippen LogP contribution in [0.5, 0.6) is 23.0 Å². The summed E-state index contributed by atoms with van der Waals surface area (Å²) in [4.78, 5) is 3.18. The number of rotatable bonds is 10. The van der Waals surface area contributed by atoms with Crippen LogP contribution in [-0.4, -0.2) is 14.2 Å². The summed E-state index contributed by atoms with van der Waals surface area (Å²) in [5, 5.41) is 0. The molecule has 0 aromatic heterocycles. The van der Waals surface area contributed by atoms with Crippen molar-refractivity contribution in [3.63, 3.8) is 0 Å². The van der Waals surface area contributed by atoms with Crippen LogP contribution in [0.1, 0.15) is 11.1 Å². The summed E-state index contributed by atoms with van der Waals surface area (Å²) >= 11 is 5.96. The third kappa shape index (κ3) is 9.04. The van der Waals surface area contributed by atoms with Gasteiger partial charge in [-0.1, -0.05) is 90.6 Å². The third-order valence-electron chi connectivity index (χ3n) is 5.74. The maximum absolute atomic E-state index is 5.89. The molecule has 0 unspecified atom stereocenters. The quantitative estimate of drug-likeness (QED) is 0.170. The zero-order valence-electron chi connectivity index (χ0n) is 22.5. The highest BCUT2D eigenvalue weighted by molar-refractivity contribution is 7.99. The molecule has 0 amide bonds. The van der Waals surface area contributed by atoms with Crippen LogP contribution >= 0.6 is 24.4 Å². The van der Waals surface area contributed by atoms with Gasteiger partial charge in [0.05, 0.1) is 14.2 Å². The number of thiol groups is 1. The minimum Gasteiger partial charge on any atom is -0.493 e.